The molecule has 0 aliphatic rings. The van der Waals surface area contributed by atoms with Gasteiger partial charge in [-0.15, -0.1) is 0 Å². The summed E-state index contributed by atoms with van der Waals surface area (Å²) in [6, 6.07) is 16.4. The van der Waals surface area contributed by atoms with E-state index < -0.39 is 15.9 Å². The van der Waals surface area contributed by atoms with Gasteiger partial charge in [-0.25, -0.2) is 8.42 Å². The van der Waals surface area contributed by atoms with Gasteiger partial charge in [-0.05, 0) is 67.1 Å². The molecule has 2 N–H and O–H groups in total. The number of benzene rings is 3. The van der Waals surface area contributed by atoms with E-state index >= 15 is 0 Å². The van der Waals surface area contributed by atoms with Crippen LogP contribution in [-0.2, 0) is 10.0 Å². The van der Waals surface area contributed by atoms with Crippen molar-refractivity contribution < 1.29 is 13.2 Å². The van der Waals surface area contributed by atoms with Gasteiger partial charge in [-0.3, -0.25) is 9.52 Å². The summed E-state index contributed by atoms with van der Waals surface area (Å²) in [5.41, 5.74) is 1.34. The van der Waals surface area contributed by atoms with Crippen LogP contribution in [0.4, 0.5) is 11.4 Å². The fourth-order valence-electron chi connectivity index (χ4n) is 2.60. The van der Waals surface area contributed by atoms with Gasteiger partial charge >= 0.3 is 0 Å². The van der Waals surface area contributed by atoms with Crippen molar-refractivity contribution in [3.05, 3.63) is 85.8 Å². The second-order valence-corrected chi connectivity index (χ2v) is 10.0. The molecule has 150 valence electrons. The van der Waals surface area contributed by atoms with Crippen LogP contribution in [0.1, 0.15) is 15.9 Å². The Bertz CT molecular complexity index is 1180. The zero-order valence-corrected chi connectivity index (χ0v) is 19.8. The first-order chi connectivity index (χ1) is 13.7. The second kappa shape index (κ2) is 8.87. The number of amides is 1. The maximum Gasteiger partial charge on any atom is 0.262 e. The van der Waals surface area contributed by atoms with Crippen LogP contribution < -0.4 is 10.0 Å². The topological polar surface area (TPSA) is 75.3 Å². The summed E-state index contributed by atoms with van der Waals surface area (Å²) in [5, 5.41) is 3.11. The minimum absolute atomic E-state index is 0.0483. The van der Waals surface area contributed by atoms with Crippen LogP contribution in [0.5, 0.6) is 0 Å². The monoisotopic (exact) mass is 556 g/mol. The zero-order chi connectivity index (χ0) is 21.2. The minimum Gasteiger partial charge on any atom is -0.322 e. The normalized spacial score (nSPS) is 11.2. The van der Waals surface area contributed by atoms with Crippen molar-refractivity contribution in [1.29, 1.82) is 0 Å². The number of hydrogen-bond acceptors (Lipinski definition) is 3. The van der Waals surface area contributed by atoms with Crippen molar-refractivity contribution in [3.63, 3.8) is 0 Å². The summed E-state index contributed by atoms with van der Waals surface area (Å²) in [5.74, 6) is -0.450. The number of hydrogen-bond donors (Lipinski definition) is 2. The Hall–Kier alpha value is -1.87. The largest absolute Gasteiger partial charge is 0.322 e. The number of nitrogens with one attached hydrogen (secondary N) is 2. The van der Waals surface area contributed by atoms with Crippen molar-refractivity contribution in [1.82, 2.24) is 0 Å². The average Bonchev–Trinajstić information content (AvgIpc) is 2.67. The van der Waals surface area contributed by atoms with Gasteiger partial charge in [0, 0.05) is 19.7 Å². The predicted molar refractivity (Wildman–Crippen MR) is 123 cm³/mol. The predicted octanol–water partition coefficient (Wildman–Crippen LogP) is 6.23. The van der Waals surface area contributed by atoms with Crippen molar-refractivity contribution in [2.45, 2.75) is 11.8 Å². The number of anilines is 2. The summed E-state index contributed by atoms with van der Waals surface area (Å²) in [4.78, 5) is 12.9. The summed E-state index contributed by atoms with van der Waals surface area (Å²) < 4.78 is 29.8. The smallest absolute Gasteiger partial charge is 0.262 e. The molecule has 3 aromatic carbocycles. The third-order valence-electron chi connectivity index (χ3n) is 4.08. The van der Waals surface area contributed by atoms with Crippen LogP contribution in [0.15, 0.2) is 74.5 Å². The molecule has 0 aliphatic carbocycles. The number of carbonyl (C=O) groups excluding carboxylic acids is 1. The van der Waals surface area contributed by atoms with E-state index in [0.29, 0.717) is 20.7 Å². The lowest BCUT2D eigenvalue weighted by atomic mass is 10.1. The highest BCUT2D eigenvalue weighted by atomic mass is 79.9. The van der Waals surface area contributed by atoms with Crippen LogP contribution in [0.25, 0.3) is 0 Å². The molecule has 0 radical (unpaired) electrons. The molecular weight excluding hydrogens is 544 g/mol. The second-order valence-electron chi connectivity index (χ2n) is 6.12. The van der Waals surface area contributed by atoms with E-state index in [2.05, 4.69) is 41.9 Å². The molecule has 0 unspecified atom stereocenters. The quantitative estimate of drug-likeness (QED) is 0.390. The Morgan fingerprint density at radius 2 is 1.62 bits per heavy atom. The molecule has 0 atom stereocenters. The Kier molecular flexibility index (Phi) is 6.68. The van der Waals surface area contributed by atoms with Gasteiger partial charge in [0.05, 0.1) is 16.1 Å². The van der Waals surface area contributed by atoms with Gasteiger partial charge in [0.2, 0.25) is 0 Å². The van der Waals surface area contributed by atoms with Crippen LogP contribution in [-0.4, -0.2) is 14.3 Å². The summed E-state index contributed by atoms with van der Waals surface area (Å²) >= 11 is 12.7. The molecule has 0 fully saturated rings. The maximum atomic E-state index is 12.9. The number of carbonyl (C=O) groups is 1. The van der Waals surface area contributed by atoms with E-state index in [4.69, 9.17) is 11.6 Å². The van der Waals surface area contributed by atoms with Crippen molar-refractivity contribution in [3.8, 4) is 0 Å². The Balaban J connectivity index is 1.95. The lowest BCUT2D eigenvalue weighted by Gasteiger charge is -2.15. The Labute approximate surface area is 190 Å². The molecular formula is C20H15Br2ClN2O3S. The van der Waals surface area contributed by atoms with Crippen LogP contribution in [0.2, 0.25) is 5.02 Å². The first kappa shape index (κ1) is 21.8. The van der Waals surface area contributed by atoms with Crippen LogP contribution in [0.3, 0.4) is 0 Å². The van der Waals surface area contributed by atoms with Gasteiger partial charge in [0.1, 0.15) is 0 Å². The third-order valence-corrected chi connectivity index (χ3v) is 7.02. The molecule has 9 heteroatoms. The summed E-state index contributed by atoms with van der Waals surface area (Å²) in [6.07, 6.45) is 0. The van der Waals surface area contributed by atoms with E-state index in [1.807, 2.05) is 0 Å². The van der Waals surface area contributed by atoms with Crippen molar-refractivity contribution >= 4 is 70.8 Å². The zero-order valence-electron chi connectivity index (χ0n) is 15.0. The van der Waals surface area contributed by atoms with Gasteiger partial charge in [0.15, 0.2) is 0 Å². The lowest BCUT2D eigenvalue weighted by molar-refractivity contribution is 0.102. The molecule has 0 bridgehead atoms. The highest BCUT2D eigenvalue weighted by Crippen LogP contribution is 2.28. The van der Waals surface area contributed by atoms with E-state index in [9.17, 15) is 13.2 Å². The maximum absolute atomic E-state index is 12.9. The molecule has 0 saturated heterocycles. The van der Waals surface area contributed by atoms with Gasteiger partial charge in [-0.1, -0.05) is 49.5 Å². The van der Waals surface area contributed by atoms with Crippen LogP contribution in [0, 0.1) is 6.92 Å². The highest BCUT2D eigenvalue weighted by molar-refractivity contribution is 9.10. The first-order valence-electron chi connectivity index (χ1n) is 8.32. The molecule has 3 rings (SSSR count). The minimum atomic E-state index is -3.95. The Morgan fingerprint density at radius 1 is 0.966 bits per heavy atom. The van der Waals surface area contributed by atoms with Crippen molar-refractivity contribution in [2.24, 2.45) is 0 Å². The Morgan fingerprint density at radius 3 is 2.31 bits per heavy atom. The first-order valence-corrected chi connectivity index (χ1v) is 11.8. The lowest BCUT2D eigenvalue weighted by Crippen LogP contribution is -2.19. The number of halogens is 3. The van der Waals surface area contributed by atoms with Gasteiger partial charge < -0.3 is 5.32 Å². The third kappa shape index (κ3) is 5.19. The van der Waals surface area contributed by atoms with E-state index in [1.165, 1.54) is 12.1 Å². The van der Waals surface area contributed by atoms with Crippen molar-refractivity contribution in [2.75, 3.05) is 10.0 Å². The van der Waals surface area contributed by atoms with Gasteiger partial charge in [-0.2, -0.15) is 0 Å². The molecule has 0 saturated carbocycles. The van der Waals surface area contributed by atoms with Crippen LogP contribution >= 0.6 is 43.5 Å². The van der Waals surface area contributed by atoms with E-state index in [1.54, 1.807) is 55.5 Å². The average molecular weight is 559 g/mol. The van der Waals surface area contributed by atoms with E-state index in [-0.39, 0.29) is 16.1 Å². The highest BCUT2D eigenvalue weighted by Gasteiger charge is 2.21. The summed E-state index contributed by atoms with van der Waals surface area (Å²) in [6.45, 7) is 1.62. The molecule has 3 aromatic rings. The molecule has 0 aliphatic heterocycles. The molecule has 1 amide bonds. The number of rotatable bonds is 5. The molecule has 29 heavy (non-hydrogen) atoms. The summed E-state index contributed by atoms with van der Waals surface area (Å²) in [7, 11) is -3.95. The SMILES string of the molecule is Cc1c(Cl)cccc1S(=O)(=O)Nc1ccc(Br)cc1C(=O)Nc1ccc(Br)cc1. The fourth-order valence-corrected chi connectivity index (χ4v) is 4.81. The standard InChI is InChI=1S/C20H15Br2ClN2O3S/c1-12-17(23)3-2-4-19(12)29(27,28)25-18-10-7-14(22)11-16(18)20(26)24-15-8-5-13(21)6-9-15/h2-11,25H,1H3,(H,24,26). The molecule has 0 aromatic heterocycles. The molecule has 0 spiro atoms. The fraction of sp³-hybridized carbons (Fsp3) is 0.0500. The molecule has 0 heterocycles. The van der Waals surface area contributed by atoms with Gasteiger partial charge in [0.25, 0.3) is 15.9 Å². The molecule has 5 nitrogen and oxygen atoms in total. The van der Waals surface area contributed by atoms with E-state index in [0.717, 1.165) is 4.47 Å². The number of sulfonamides is 1.